The second-order valence-electron chi connectivity index (χ2n) is 11.6. The average molecular weight is 583 g/mol. The maximum Gasteiger partial charge on any atom is 0.469 e. The Morgan fingerprint density at radius 2 is 1.26 bits per heavy atom. The summed E-state index contributed by atoms with van der Waals surface area (Å²) in [6, 6.07) is -0.265. The Bertz CT molecular complexity index is 623. The second kappa shape index (κ2) is 24.1. The highest BCUT2D eigenvalue weighted by atomic mass is 31.2. The van der Waals surface area contributed by atoms with Crippen LogP contribution in [0.1, 0.15) is 117 Å². The Hall–Kier alpha value is -0.540. The average Bonchev–Trinajstić information content (AvgIpc) is 2.85. The lowest BCUT2D eigenvalue weighted by atomic mass is 10.0. The zero-order valence-corrected chi connectivity index (χ0v) is 26.6. The molecule has 234 valence electrons. The van der Waals surface area contributed by atoms with Gasteiger partial charge in [-0.05, 0) is 13.3 Å². The second-order valence-corrected chi connectivity index (χ2v) is 12.8. The third-order valence-corrected chi connectivity index (χ3v) is 7.49. The summed E-state index contributed by atoms with van der Waals surface area (Å²) in [7, 11) is 1.18. The predicted molar refractivity (Wildman–Crippen MR) is 157 cm³/mol. The molecule has 9 nitrogen and oxygen atoms in total. The summed E-state index contributed by atoms with van der Waals surface area (Å²) in [5.41, 5.74) is 0. The van der Waals surface area contributed by atoms with Crippen molar-refractivity contribution in [2.24, 2.45) is 0 Å². The largest absolute Gasteiger partial charge is 0.469 e. The van der Waals surface area contributed by atoms with Gasteiger partial charge in [0, 0.05) is 13.0 Å². The molecule has 0 aliphatic rings. The molecule has 0 spiro atoms. The third kappa shape index (κ3) is 26.1. The Kier molecular flexibility index (Phi) is 23.8. The molecule has 0 aromatic rings. The van der Waals surface area contributed by atoms with E-state index in [0.717, 1.165) is 12.8 Å². The van der Waals surface area contributed by atoms with E-state index in [1.54, 1.807) is 6.92 Å². The van der Waals surface area contributed by atoms with E-state index in [1.807, 2.05) is 21.1 Å². The SMILES string of the molecule is CCCCCCCCCCCCCCCCCOCC(CC(COP(=O)(O)O)[N+](C)(C)C)OCC(=O)OCC. The van der Waals surface area contributed by atoms with Crippen molar-refractivity contribution in [2.75, 3.05) is 54.2 Å². The van der Waals surface area contributed by atoms with Crippen LogP contribution in [0.4, 0.5) is 0 Å². The molecule has 0 saturated carbocycles. The number of phosphoric ester groups is 1. The molecule has 2 N–H and O–H groups in total. The van der Waals surface area contributed by atoms with Gasteiger partial charge in [0.15, 0.2) is 0 Å². The fourth-order valence-corrected chi connectivity index (χ4v) is 4.82. The highest BCUT2D eigenvalue weighted by Gasteiger charge is 2.31. The van der Waals surface area contributed by atoms with Crippen LogP contribution in [0.15, 0.2) is 0 Å². The molecule has 0 heterocycles. The summed E-state index contributed by atoms with van der Waals surface area (Å²) in [4.78, 5) is 30.1. The van der Waals surface area contributed by atoms with Gasteiger partial charge in [-0.1, -0.05) is 96.8 Å². The van der Waals surface area contributed by atoms with Crippen LogP contribution in [-0.4, -0.2) is 86.6 Å². The van der Waals surface area contributed by atoms with E-state index in [0.29, 0.717) is 24.1 Å². The van der Waals surface area contributed by atoms with Gasteiger partial charge in [0.25, 0.3) is 0 Å². The quantitative estimate of drug-likeness (QED) is 0.0472. The summed E-state index contributed by atoms with van der Waals surface area (Å²) in [5.74, 6) is -0.446. The van der Waals surface area contributed by atoms with Crippen LogP contribution < -0.4 is 0 Å². The van der Waals surface area contributed by atoms with Crippen molar-refractivity contribution in [3.05, 3.63) is 0 Å². The highest BCUT2D eigenvalue weighted by molar-refractivity contribution is 7.46. The van der Waals surface area contributed by atoms with Crippen molar-refractivity contribution in [1.29, 1.82) is 0 Å². The van der Waals surface area contributed by atoms with Crippen molar-refractivity contribution in [3.63, 3.8) is 0 Å². The number of ether oxygens (including phenoxy) is 3. The highest BCUT2D eigenvalue weighted by Crippen LogP contribution is 2.36. The van der Waals surface area contributed by atoms with Gasteiger partial charge >= 0.3 is 13.8 Å². The van der Waals surface area contributed by atoms with Crippen molar-refractivity contribution in [3.8, 4) is 0 Å². The monoisotopic (exact) mass is 582 g/mol. The molecule has 39 heavy (non-hydrogen) atoms. The minimum Gasteiger partial charge on any atom is -0.464 e. The van der Waals surface area contributed by atoms with Gasteiger partial charge < -0.3 is 28.5 Å². The fraction of sp³-hybridized carbons (Fsp3) is 0.966. The summed E-state index contributed by atoms with van der Waals surface area (Å²) < 4.78 is 33.1. The molecule has 2 unspecified atom stereocenters. The van der Waals surface area contributed by atoms with E-state index in [9.17, 15) is 9.36 Å². The van der Waals surface area contributed by atoms with Crippen LogP contribution in [0.2, 0.25) is 0 Å². The zero-order valence-electron chi connectivity index (χ0n) is 25.7. The van der Waals surface area contributed by atoms with Crippen molar-refractivity contribution in [1.82, 2.24) is 0 Å². The Morgan fingerprint density at radius 1 is 0.769 bits per heavy atom. The molecule has 0 aromatic heterocycles. The minimum absolute atomic E-state index is 0.133. The number of phosphoric acid groups is 1. The zero-order chi connectivity index (χ0) is 29.4. The van der Waals surface area contributed by atoms with Crippen LogP contribution in [0.25, 0.3) is 0 Å². The lowest BCUT2D eigenvalue weighted by Gasteiger charge is -2.35. The molecule has 0 fully saturated rings. The summed E-state index contributed by atoms with van der Waals surface area (Å²) in [6.07, 6.45) is 19.7. The molecule has 2 atom stereocenters. The number of nitrogens with zero attached hydrogens (tertiary/aromatic N) is 1. The van der Waals surface area contributed by atoms with E-state index in [-0.39, 0.29) is 25.9 Å². The maximum atomic E-state index is 11.8. The van der Waals surface area contributed by atoms with Gasteiger partial charge in [0.2, 0.25) is 0 Å². The normalized spacial score (nSPS) is 13.9. The molecule has 0 aliphatic heterocycles. The predicted octanol–water partition coefficient (Wildman–Crippen LogP) is 6.40. The van der Waals surface area contributed by atoms with Gasteiger partial charge in [0.1, 0.15) is 19.3 Å². The van der Waals surface area contributed by atoms with E-state index in [4.69, 9.17) is 28.5 Å². The van der Waals surface area contributed by atoms with Crippen LogP contribution in [0.3, 0.4) is 0 Å². The molecule has 0 bridgehead atoms. The number of esters is 1. The molecular formula is C29H61NO8P+. The standard InChI is InChI=1S/C29H60NO8P/c1-6-8-9-10-11-12-13-14-15-16-17-18-19-20-21-22-35-25-28(37-26-29(31)36-7-2)23-27(30(3,4)5)24-38-39(32,33)34/h27-28H,6-26H2,1-5H3,(H-,32,33,34)/p+1. The van der Waals surface area contributed by atoms with E-state index in [2.05, 4.69) is 6.92 Å². The molecule has 0 aliphatic carbocycles. The number of rotatable bonds is 28. The van der Waals surface area contributed by atoms with Crippen LogP contribution in [-0.2, 0) is 28.1 Å². The molecule has 10 heteroatoms. The number of carbonyl (C=O) groups is 1. The number of unbranched alkanes of at least 4 members (excludes halogenated alkanes) is 14. The number of carbonyl (C=O) groups excluding carboxylic acids is 1. The molecule has 0 rings (SSSR count). The summed E-state index contributed by atoms with van der Waals surface area (Å²) in [5, 5.41) is 0. The Labute approximate surface area is 239 Å². The Balaban J connectivity index is 4.17. The smallest absolute Gasteiger partial charge is 0.464 e. The fourth-order valence-electron chi connectivity index (χ4n) is 4.46. The topological polar surface area (TPSA) is 112 Å². The Morgan fingerprint density at radius 3 is 1.69 bits per heavy atom. The first-order chi connectivity index (χ1) is 18.5. The first-order valence-corrected chi connectivity index (χ1v) is 16.9. The van der Waals surface area contributed by atoms with Gasteiger partial charge in [-0.25, -0.2) is 9.36 Å². The van der Waals surface area contributed by atoms with Crippen LogP contribution in [0, 0.1) is 0 Å². The summed E-state index contributed by atoms with van der Waals surface area (Å²) in [6.45, 7) is 4.87. The summed E-state index contributed by atoms with van der Waals surface area (Å²) >= 11 is 0. The number of quaternary nitrogens is 1. The molecule has 0 amide bonds. The van der Waals surface area contributed by atoms with Crippen molar-refractivity contribution in [2.45, 2.75) is 129 Å². The first-order valence-electron chi connectivity index (χ1n) is 15.4. The van der Waals surface area contributed by atoms with Gasteiger partial charge in [-0.3, -0.25) is 4.52 Å². The number of hydrogen-bond acceptors (Lipinski definition) is 6. The van der Waals surface area contributed by atoms with E-state index < -0.39 is 19.9 Å². The van der Waals surface area contributed by atoms with Crippen molar-refractivity contribution < 1.29 is 42.4 Å². The molecule has 0 radical (unpaired) electrons. The van der Waals surface area contributed by atoms with Crippen LogP contribution >= 0.6 is 7.82 Å². The first kappa shape index (κ1) is 38.5. The van der Waals surface area contributed by atoms with Gasteiger partial charge in [-0.15, -0.1) is 0 Å². The lowest BCUT2D eigenvalue weighted by Crippen LogP contribution is -2.50. The number of likely N-dealkylation sites (N-methyl/N-ethyl adjacent to an activating group) is 1. The molecule has 0 saturated heterocycles. The minimum atomic E-state index is -4.58. The molecular weight excluding hydrogens is 521 g/mol. The lowest BCUT2D eigenvalue weighted by molar-refractivity contribution is -0.897. The van der Waals surface area contributed by atoms with Gasteiger partial charge in [0.05, 0.1) is 40.5 Å². The van der Waals surface area contributed by atoms with Crippen LogP contribution in [0.5, 0.6) is 0 Å². The third-order valence-electron chi connectivity index (χ3n) is 7.00. The van der Waals surface area contributed by atoms with E-state index in [1.165, 1.54) is 83.5 Å². The molecule has 0 aromatic carbocycles. The van der Waals surface area contributed by atoms with Crippen molar-refractivity contribution >= 4 is 13.8 Å². The van der Waals surface area contributed by atoms with Gasteiger partial charge in [-0.2, -0.15) is 0 Å². The maximum absolute atomic E-state index is 11.8. The van der Waals surface area contributed by atoms with E-state index >= 15 is 0 Å². The number of hydrogen-bond donors (Lipinski definition) is 2.